The van der Waals surface area contributed by atoms with Crippen LogP contribution in [0.2, 0.25) is 0 Å². The number of aromatic nitrogens is 2. The van der Waals surface area contributed by atoms with Crippen molar-refractivity contribution in [3.63, 3.8) is 0 Å². The molecule has 0 spiro atoms. The molecule has 1 aromatic heterocycles. The van der Waals surface area contributed by atoms with Crippen LogP contribution in [0.5, 0.6) is 5.75 Å². The van der Waals surface area contributed by atoms with Crippen molar-refractivity contribution >= 4 is 16.7 Å². The molecule has 4 rings (SSSR count). The summed E-state index contributed by atoms with van der Waals surface area (Å²) in [6.07, 6.45) is 1.04. The van der Waals surface area contributed by atoms with Gasteiger partial charge in [0.1, 0.15) is 11.9 Å². The van der Waals surface area contributed by atoms with Gasteiger partial charge in [-0.3, -0.25) is 4.68 Å². The summed E-state index contributed by atoms with van der Waals surface area (Å²) in [5, 5.41) is 5.43. The Hall–Kier alpha value is -2.49. The number of para-hydroxylation sites is 2. The van der Waals surface area contributed by atoms with Gasteiger partial charge in [0.05, 0.1) is 12.1 Å². The molecule has 0 saturated carbocycles. The molecule has 0 amide bonds. The van der Waals surface area contributed by atoms with Gasteiger partial charge in [0.2, 0.25) is 0 Å². The van der Waals surface area contributed by atoms with Crippen molar-refractivity contribution in [3.05, 3.63) is 54.1 Å². The van der Waals surface area contributed by atoms with Crippen LogP contribution in [0.4, 0.5) is 5.82 Å². The number of ether oxygens (including phenoxy) is 1. The zero-order valence-corrected chi connectivity index (χ0v) is 11.0. The molecule has 1 aliphatic heterocycles. The van der Waals surface area contributed by atoms with E-state index in [1.165, 1.54) is 5.56 Å². The molecule has 2 aromatic carbocycles. The molecule has 4 nitrogen and oxygen atoms in total. The Balaban J connectivity index is 1.64. The first-order valence-corrected chi connectivity index (χ1v) is 6.77. The Morgan fingerprint density at radius 1 is 1.15 bits per heavy atom. The summed E-state index contributed by atoms with van der Waals surface area (Å²) in [4.78, 5) is 0. The Labute approximate surface area is 116 Å². The number of nitrogens with zero attached hydrogens (tertiary/aromatic N) is 2. The maximum Gasteiger partial charge on any atom is 0.153 e. The van der Waals surface area contributed by atoms with Gasteiger partial charge in [-0.15, -0.1) is 0 Å². The molecule has 2 heterocycles. The Kier molecular flexibility index (Phi) is 2.42. The van der Waals surface area contributed by atoms with Crippen LogP contribution < -0.4 is 10.5 Å². The summed E-state index contributed by atoms with van der Waals surface area (Å²) in [6.45, 7) is 0.715. The normalized spacial score (nSPS) is 17.1. The van der Waals surface area contributed by atoms with Gasteiger partial charge in [-0.25, -0.2) is 0 Å². The molecule has 1 atom stereocenters. The number of rotatable bonds is 2. The van der Waals surface area contributed by atoms with Crippen molar-refractivity contribution < 1.29 is 4.74 Å². The maximum absolute atomic E-state index is 5.97. The van der Waals surface area contributed by atoms with Crippen molar-refractivity contribution in [2.24, 2.45) is 0 Å². The van der Waals surface area contributed by atoms with Gasteiger partial charge in [0.15, 0.2) is 5.82 Å². The average Bonchev–Trinajstić information content (AvgIpc) is 3.01. The van der Waals surface area contributed by atoms with Gasteiger partial charge in [0, 0.05) is 11.8 Å². The van der Waals surface area contributed by atoms with Gasteiger partial charge in [-0.05, 0) is 23.8 Å². The lowest BCUT2D eigenvalue weighted by molar-refractivity contribution is 0.205. The summed E-state index contributed by atoms with van der Waals surface area (Å²) >= 11 is 0. The zero-order chi connectivity index (χ0) is 13.5. The van der Waals surface area contributed by atoms with Gasteiger partial charge in [-0.1, -0.05) is 30.3 Å². The van der Waals surface area contributed by atoms with E-state index in [9.17, 15) is 0 Å². The molecule has 2 N–H and O–H groups in total. The number of hydrogen-bond donors (Lipinski definition) is 1. The van der Waals surface area contributed by atoms with E-state index in [-0.39, 0.29) is 6.10 Å². The van der Waals surface area contributed by atoms with Crippen LogP contribution in [0.25, 0.3) is 10.9 Å². The van der Waals surface area contributed by atoms with E-state index in [1.54, 1.807) is 0 Å². The standard InChI is InChI=1S/C16H15N3O/c17-16-13-6-2-3-7-14(13)19(18-16)10-12-9-11-5-1-4-8-15(11)20-12/h1-8,12H,9-10H2,(H2,17,18). The quantitative estimate of drug-likeness (QED) is 0.775. The largest absolute Gasteiger partial charge is 0.488 e. The van der Waals surface area contributed by atoms with E-state index >= 15 is 0 Å². The minimum absolute atomic E-state index is 0.120. The van der Waals surface area contributed by atoms with Crippen molar-refractivity contribution in [2.75, 3.05) is 5.73 Å². The van der Waals surface area contributed by atoms with E-state index < -0.39 is 0 Å². The first kappa shape index (κ1) is 11.3. The highest BCUT2D eigenvalue weighted by Crippen LogP contribution is 2.29. The first-order chi connectivity index (χ1) is 9.81. The monoisotopic (exact) mass is 265 g/mol. The Bertz CT molecular complexity index is 753. The Morgan fingerprint density at radius 2 is 1.95 bits per heavy atom. The van der Waals surface area contributed by atoms with Crippen molar-refractivity contribution in [3.8, 4) is 5.75 Å². The summed E-state index contributed by atoms with van der Waals surface area (Å²) in [6, 6.07) is 16.2. The van der Waals surface area contributed by atoms with E-state index in [2.05, 4.69) is 11.2 Å². The molecule has 20 heavy (non-hydrogen) atoms. The smallest absolute Gasteiger partial charge is 0.153 e. The molecular formula is C16H15N3O. The van der Waals surface area contributed by atoms with Gasteiger partial charge >= 0.3 is 0 Å². The summed E-state index contributed by atoms with van der Waals surface area (Å²) in [7, 11) is 0. The third-order valence-corrected chi connectivity index (χ3v) is 3.78. The van der Waals surface area contributed by atoms with Crippen LogP contribution in [0.1, 0.15) is 5.56 Å². The molecule has 1 aliphatic rings. The van der Waals surface area contributed by atoms with Crippen LogP contribution in [-0.4, -0.2) is 15.9 Å². The highest BCUT2D eigenvalue weighted by molar-refractivity contribution is 5.88. The minimum Gasteiger partial charge on any atom is -0.488 e. The Morgan fingerprint density at radius 3 is 2.85 bits per heavy atom. The maximum atomic E-state index is 5.97. The number of nitrogens with two attached hydrogens (primary N) is 1. The van der Waals surface area contributed by atoms with E-state index in [0.717, 1.165) is 23.1 Å². The first-order valence-electron chi connectivity index (χ1n) is 6.77. The number of benzene rings is 2. The fourth-order valence-corrected chi connectivity index (χ4v) is 2.84. The third kappa shape index (κ3) is 1.72. The molecule has 4 heteroatoms. The van der Waals surface area contributed by atoms with Gasteiger partial charge in [-0.2, -0.15) is 5.10 Å². The average molecular weight is 265 g/mol. The fourth-order valence-electron chi connectivity index (χ4n) is 2.84. The molecule has 0 radical (unpaired) electrons. The fraction of sp³-hybridized carbons (Fsp3) is 0.188. The highest BCUT2D eigenvalue weighted by Gasteiger charge is 2.23. The lowest BCUT2D eigenvalue weighted by Crippen LogP contribution is -2.21. The SMILES string of the molecule is Nc1nn(CC2Cc3ccccc3O2)c2ccccc12. The molecule has 0 aliphatic carbocycles. The predicted octanol–water partition coefficient (Wildman–Crippen LogP) is 2.62. The van der Waals surface area contributed by atoms with Crippen LogP contribution in [0.3, 0.4) is 0 Å². The van der Waals surface area contributed by atoms with Crippen molar-refractivity contribution in [1.82, 2.24) is 9.78 Å². The van der Waals surface area contributed by atoms with Crippen molar-refractivity contribution in [1.29, 1.82) is 0 Å². The van der Waals surface area contributed by atoms with E-state index in [1.807, 2.05) is 47.1 Å². The van der Waals surface area contributed by atoms with Gasteiger partial charge in [0.25, 0.3) is 0 Å². The molecule has 3 aromatic rings. The second-order valence-electron chi connectivity index (χ2n) is 5.14. The van der Waals surface area contributed by atoms with Crippen LogP contribution >= 0.6 is 0 Å². The topological polar surface area (TPSA) is 53.1 Å². The van der Waals surface area contributed by atoms with Crippen LogP contribution in [-0.2, 0) is 13.0 Å². The number of hydrogen-bond acceptors (Lipinski definition) is 3. The van der Waals surface area contributed by atoms with Crippen LogP contribution in [0, 0.1) is 0 Å². The number of fused-ring (bicyclic) bond motifs is 2. The minimum atomic E-state index is 0.120. The van der Waals surface area contributed by atoms with E-state index in [0.29, 0.717) is 12.4 Å². The predicted molar refractivity (Wildman–Crippen MR) is 78.7 cm³/mol. The van der Waals surface area contributed by atoms with E-state index in [4.69, 9.17) is 10.5 Å². The second kappa shape index (κ2) is 4.27. The third-order valence-electron chi connectivity index (χ3n) is 3.78. The molecule has 0 saturated heterocycles. The van der Waals surface area contributed by atoms with Gasteiger partial charge < -0.3 is 10.5 Å². The summed E-state index contributed by atoms with van der Waals surface area (Å²) < 4.78 is 7.91. The van der Waals surface area contributed by atoms with Crippen molar-refractivity contribution in [2.45, 2.75) is 19.1 Å². The highest BCUT2D eigenvalue weighted by atomic mass is 16.5. The zero-order valence-electron chi connectivity index (χ0n) is 11.0. The second-order valence-corrected chi connectivity index (χ2v) is 5.14. The number of anilines is 1. The lowest BCUT2D eigenvalue weighted by atomic mass is 10.1. The molecule has 1 unspecified atom stereocenters. The number of nitrogen functional groups attached to an aromatic ring is 1. The molecule has 0 bridgehead atoms. The molecule has 0 fully saturated rings. The summed E-state index contributed by atoms with van der Waals surface area (Å²) in [5.74, 6) is 1.57. The molecular weight excluding hydrogens is 250 g/mol. The summed E-state index contributed by atoms with van der Waals surface area (Å²) in [5.41, 5.74) is 8.29. The van der Waals surface area contributed by atoms with Crippen LogP contribution in [0.15, 0.2) is 48.5 Å². The molecule has 100 valence electrons. The lowest BCUT2D eigenvalue weighted by Gasteiger charge is -2.11.